The van der Waals surface area contributed by atoms with Gasteiger partial charge in [0.15, 0.2) is 0 Å². The second-order valence-electron chi connectivity index (χ2n) is 4.02. The number of pyridine rings is 1. The van der Waals surface area contributed by atoms with Crippen molar-refractivity contribution >= 4 is 11.6 Å². The zero-order valence-electron chi connectivity index (χ0n) is 10.2. The van der Waals surface area contributed by atoms with Gasteiger partial charge in [0, 0.05) is 6.20 Å². The Kier molecular flexibility index (Phi) is 3.44. The van der Waals surface area contributed by atoms with Crippen LogP contribution in [0.3, 0.4) is 0 Å². The predicted octanol–water partition coefficient (Wildman–Crippen LogP) is 2.22. The highest BCUT2D eigenvalue weighted by molar-refractivity contribution is 6.03. The highest BCUT2D eigenvalue weighted by Crippen LogP contribution is 2.24. The minimum atomic E-state index is -0.441. The highest BCUT2D eigenvalue weighted by atomic mass is 16.3. The minimum absolute atomic E-state index is 0.00185. The summed E-state index contributed by atoms with van der Waals surface area (Å²) in [5.41, 5.74) is 1.78. The topological polar surface area (TPSA) is 86.0 Å². The Bertz CT molecular complexity index is 657. The molecule has 0 radical (unpaired) electrons. The molecule has 0 aliphatic heterocycles. The molecule has 0 spiro atoms. The van der Waals surface area contributed by atoms with E-state index in [4.69, 9.17) is 5.26 Å². The number of nitrogens with zero attached hydrogens (tertiary/aromatic N) is 2. The first-order chi connectivity index (χ1) is 9.10. The lowest BCUT2D eigenvalue weighted by Gasteiger charge is -2.07. The molecule has 1 aromatic carbocycles. The number of nitrogens with one attached hydrogen (secondary N) is 1. The molecule has 2 N–H and O–H groups in total. The van der Waals surface area contributed by atoms with Gasteiger partial charge in [-0.05, 0) is 36.8 Å². The summed E-state index contributed by atoms with van der Waals surface area (Å²) in [6.45, 7) is 1.84. The summed E-state index contributed by atoms with van der Waals surface area (Å²) in [5.74, 6) is -0.439. The SMILES string of the molecule is Cc1ccc(NC(=O)c2ccc(C#N)cn2)c(O)c1. The molecule has 0 aliphatic carbocycles. The minimum Gasteiger partial charge on any atom is -0.506 e. The zero-order valence-corrected chi connectivity index (χ0v) is 10.2. The highest BCUT2D eigenvalue weighted by Gasteiger charge is 2.10. The van der Waals surface area contributed by atoms with Gasteiger partial charge in [0.2, 0.25) is 0 Å². The number of phenols is 1. The van der Waals surface area contributed by atoms with E-state index in [0.717, 1.165) is 5.56 Å². The molecular formula is C14H11N3O2. The molecule has 2 aromatic rings. The molecule has 0 saturated carbocycles. The fraction of sp³-hybridized carbons (Fsp3) is 0.0714. The summed E-state index contributed by atoms with van der Waals surface area (Å²) in [4.78, 5) is 15.8. The van der Waals surface area contributed by atoms with Crippen molar-refractivity contribution in [3.05, 3.63) is 53.3 Å². The molecule has 0 bridgehead atoms. The van der Waals surface area contributed by atoms with Crippen LogP contribution in [0.5, 0.6) is 5.75 Å². The number of carbonyl (C=O) groups excluding carboxylic acids is 1. The zero-order chi connectivity index (χ0) is 13.8. The smallest absolute Gasteiger partial charge is 0.274 e. The number of carbonyl (C=O) groups is 1. The number of aromatic nitrogens is 1. The van der Waals surface area contributed by atoms with E-state index in [1.807, 2.05) is 13.0 Å². The first kappa shape index (κ1) is 12.6. The van der Waals surface area contributed by atoms with Crippen LogP contribution in [0.25, 0.3) is 0 Å². The van der Waals surface area contributed by atoms with E-state index in [2.05, 4.69) is 10.3 Å². The molecule has 0 unspecified atom stereocenters. The summed E-state index contributed by atoms with van der Waals surface area (Å²) in [6, 6.07) is 9.85. The van der Waals surface area contributed by atoms with Crippen LogP contribution < -0.4 is 5.32 Å². The maximum absolute atomic E-state index is 11.9. The van der Waals surface area contributed by atoms with Crippen LogP contribution in [-0.2, 0) is 0 Å². The first-order valence-electron chi connectivity index (χ1n) is 5.57. The number of phenolic OH excluding ortho intramolecular Hbond substituents is 1. The number of nitriles is 1. The van der Waals surface area contributed by atoms with Crippen molar-refractivity contribution in [2.75, 3.05) is 5.32 Å². The molecule has 0 saturated heterocycles. The third kappa shape index (κ3) is 2.87. The molecule has 1 aromatic heterocycles. The molecule has 5 heteroatoms. The van der Waals surface area contributed by atoms with Crippen LogP contribution in [0.4, 0.5) is 5.69 Å². The van der Waals surface area contributed by atoms with Gasteiger partial charge in [0.1, 0.15) is 17.5 Å². The number of hydrogen-bond donors (Lipinski definition) is 2. The van der Waals surface area contributed by atoms with Crippen molar-refractivity contribution in [3.8, 4) is 11.8 Å². The molecule has 0 fully saturated rings. The number of hydrogen-bond acceptors (Lipinski definition) is 4. The third-order valence-electron chi connectivity index (χ3n) is 2.53. The molecule has 5 nitrogen and oxygen atoms in total. The Labute approximate surface area is 110 Å². The Balaban J connectivity index is 2.18. The Hall–Kier alpha value is -2.87. The van der Waals surface area contributed by atoms with Crippen LogP contribution in [0.2, 0.25) is 0 Å². The van der Waals surface area contributed by atoms with E-state index < -0.39 is 5.91 Å². The number of benzene rings is 1. The van der Waals surface area contributed by atoms with Crippen LogP contribution in [0, 0.1) is 18.3 Å². The average Bonchev–Trinajstić information content (AvgIpc) is 2.42. The largest absolute Gasteiger partial charge is 0.506 e. The van der Waals surface area contributed by atoms with Crippen LogP contribution in [-0.4, -0.2) is 16.0 Å². The predicted molar refractivity (Wildman–Crippen MR) is 69.7 cm³/mol. The fourth-order valence-electron chi connectivity index (χ4n) is 1.53. The number of rotatable bonds is 2. The van der Waals surface area contributed by atoms with Crippen molar-refractivity contribution in [3.63, 3.8) is 0 Å². The van der Waals surface area contributed by atoms with Crippen LogP contribution in [0.1, 0.15) is 21.6 Å². The summed E-state index contributed by atoms with van der Waals surface area (Å²) >= 11 is 0. The number of aryl methyl sites for hydroxylation is 1. The molecule has 1 amide bonds. The average molecular weight is 253 g/mol. The standard InChI is InChI=1S/C14H11N3O2/c1-9-2-4-11(13(18)6-9)17-14(19)12-5-3-10(7-15)8-16-12/h2-6,8,18H,1H3,(H,17,19). The van der Waals surface area contributed by atoms with Crippen molar-refractivity contribution < 1.29 is 9.90 Å². The second-order valence-corrected chi connectivity index (χ2v) is 4.02. The molecule has 0 atom stereocenters. The van der Waals surface area contributed by atoms with E-state index in [1.165, 1.54) is 18.3 Å². The maximum atomic E-state index is 11.9. The van der Waals surface area contributed by atoms with E-state index in [9.17, 15) is 9.90 Å². The van der Waals surface area contributed by atoms with Gasteiger partial charge in [-0.25, -0.2) is 4.98 Å². The molecule has 0 aliphatic rings. The molecular weight excluding hydrogens is 242 g/mol. The first-order valence-corrected chi connectivity index (χ1v) is 5.57. The monoisotopic (exact) mass is 253 g/mol. The lowest BCUT2D eigenvalue weighted by atomic mass is 10.2. The number of anilines is 1. The van der Waals surface area contributed by atoms with Crippen LogP contribution >= 0.6 is 0 Å². The Morgan fingerprint density at radius 2 is 2.16 bits per heavy atom. The van der Waals surface area contributed by atoms with Gasteiger partial charge in [0.05, 0.1) is 11.3 Å². The Morgan fingerprint density at radius 1 is 1.37 bits per heavy atom. The Morgan fingerprint density at radius 3 is 2.74 bits per heavy atom. The number of amides is 1. The fourth-order valence-corrected chi connectivity index (χ4v) is 1.53. The van der Waals surface area contributed by atoms with Gasteiger partial charge in [0.25, 0.3) is 5.91 Å². The van der Waals surface area contributed by atoms with E-state index in [1.54, 1.807) is 18.2 Å². The maximum Gasteiger partial charge on any atom is 0.274 e. The van der Waals surface area contributed by atoms with E-state index in [-0.39, 0.29) is 11.4 Å². The van der Waals surface area contributed by atoms with Gasteiger partial charge in [-0.3, -0.25) is 4.79 Å². The van der Waals surface area contributed by atoms with Gasteiger partial charge in [-0.2, -0.15) is 5.26 Å². The lowest BCUT2D eigenvalue weighted by Crippen LogP contribution is -2.13. The summed E-state index contributed by atoms with van der Waals surface area (Å²) in [6.07, 6.45) is 1.32. The summed E-state index contributed by atoms with van der Waals surface area (Å²) < 4.78 is 0. The van der Waals surface area contributed by atoms with Crippen molar-refractivity contribution in [2.45, 2.75) is 6.92 Å². The van der Waals surface area contributed by atoms with E-state index in [0.29, 0.717) is 11.3 Å². The van der Waals surface area contributed by atoms with Crippen molar-refractivity contribution in [1.29, 1.82) is 5.26 Å². The quantitative estimate of drug-likeness (QED) is 0.803. The lowest BCUT2D eigenvalue weighted by molar-refractivity contribution is 0.102. The molecule has 1 heterocycles. The van der Waals surface area contributed by atoms with Crippen LogP contribution in [0.15, 0.2) is 36.5 Å². The van der Waals surface area contributed by atoms with Gasteiger partial charge in [-0.1, -0.05) is 6.07 Å². The third-order valence-corrected chi connectivity index (χ3v) is 2.53. The molecule has 2 rings (SSSR count). The summed E-state index contributed by atoms with van der Waals surface area (Å²) in [5, 5.41) is 20.9. The van der Waals surface area contributed by atoms with Gasteiger partial charge >= 0.3 is 0 Å². The van der Waals surface area contributed by atoms with Gasteiger partial charge < -0.3 is 10.4 Å². The molecule has 94 valence electrons. The van der Waals surface area contributed by atoms with Crippen molar-refractivity contribution in [2.24, 2.45) is 0 Å². The second kappa shape index (κ2) is 5.19. The number of aromatic hydroxyl groups is 1. The van der Waals surface area contributed by atoms with Gasteiger partial charge in [-0.15, -0.1) is 0 Å². The van der Waals surface area contributed by atoms with E-state index >= 15 is 0 Å². The van der Waals surface area contributed by atoms with Crippen molar-refractivity contribution in [1.82, 2.24) is 4.98 Å². The normalized spacial score (nSPS) is 9.68. The molecule has 19 heavy (non-hydrogen) atoms. The summed E-state index contributed by atoms with van der Waals surface area (Å²) in [7, 11) is 0.